The lowest BCUT2D eigenvalue weighted by atomic mass is 10.2. The third-order valence-corrected chi connectivity index (χ3v) is 5.51. The Kier molecular flexibility index (Phi) is 5.02. The van der Waals surface area contributed by atoms with E-state index in [2.05, 4.69) is 37.8 Å². The van der Waals surface area contributed by atoms with Crippen molar-refractivity contribution in [1.29, 1.82) is 0 Å². The van der Waals surface area contributed by atoms with E-state index in [-0.39, 0.29) is 0 Å². The number of anilines is 1. The average molecular weight is 404 g/mol. The quantitative estimate of drug-likeness (QED) is 0.478. The van der Waals surface area contributed by atoms with E-state index in [4.69, 9.17) is 14.8 Å². The zero-order valence-electron chi connectivity index (χ0n) is 15.8. The van der Waals surface area contributed by atoms with Gasteiger partial charge in [-0.3, -0.25) is 9.98 Å². The number of rotatable bonds is 5. The lowest BCUT2D eigenvalue weighted by Crippen LogP contribution is -2.37. The smallest absolute Gasteiger partial charge is 0.158 e. The second kappa shape index (κ2) is 8.10. The van der Waals surface area contributed by atoms with E-state index in [0.29, 0.717) is 19.8 Å². The van der Waals surface area contributed by atoms with Gasteiger partial charge >= 0.3 is 0 Å². The molecule has 1 fully saturated rings. The van der Waals surface area contributed by atoms with Crippen LogP contribution in [0.3, 0.4) is 0 Å². The summed E-state index contributed by atoms with van der Waals surface area (Å²) in [4.78, 5) is 15.8. The Labute approximate surface area is 172 Å². The summed E-state index contributed by atoms with van der Waals surface area (Å²) in [5.41, 5.74) is 4.77. The van der Waals surface area contributed by atoms with Crippen LogP contribution < -0.4 is 4.90 Å². The van der Waals surface area contributed by atoms with E-state index in [1.54, 1.807) is 23.7 Å². The maximum Gasteiger partial charge on any atom is 0.158 e. The van der Waals surface area contributed by atoms with Gasteiger partial charge in [-0.2, -0.15) is 21.0 Å². The first-order chi connectivity index (χ1) is 14.4. The molecule has 0 saturated carbocycles. The van der Waals surface area contributed by atoms with Crippen LogP contribution >= 0.6 is 11.3 Å². The molecule has 0 atom stereocenters. The number of pyridine rings is 1. The highest BCUT2D eigenvalue weighted by Gasteiger charge is 2.18. The molecular weight excluding hydrogens is 384 g/mol. The summed E-state index contributed by atoms with van der Waals surface area (Å²) in [6.07, 6.45) is 5.45. The Bertz CT molecular complexity index is 1120. The Balaban J connectivity index is 1.53. The van der Waals surface area contributed by atoms with Crippen LogP contribution in [-0.4, -0.2) is 52.1 Å². The minimum atomic E-state index is 0.527. The van der Waals surface area contributed by atoms with E-state index in [0.717, 1.165) is 47.1 Å². The molecule has 0 N–H and O–H groups in total. The molecule has 8 heteroatoms. The third-order valence-electron chi connectivity index (χ3n) is 4.81. The number of hydrogen-bond donors (Lipinski definition) is 0. The molecule has 1 saturated heterocycles. The molecule has 0 radical (unpaired) electrons. The van der Waals surface area contributed by atoms with E-state index < -0.39 is 0 Å². The van der Waals surface area contributed by atoms with Crippen LogP contribution in [0.2, 0.25) is 0 Å². The molecule has 7 nitrogen and oxygen atoms in total. The van der Waals surface area contributed by atoms with Gasteiger partial charge in [0.05, 0.1) is 31.1 Å². The second-order valence-corrected chi connectivity index (χ2v) is 7.55. The number of aliphatic imine (C=N–C) groups is 1. The van der Waals surface area contributed by atoms with Crippen molar-refractivity contribution in [3.05, 3.63) is 64.7 Å². The molecule has 0 amide bonds. The van der Waals surface area contributed by atoms with Crippen molar-refractivity contribution in [1.82, 2.24) is 19.6 Å². The molecular formula is C21H20N6OS. The summed E-state index contributed by atoms with van der Waals surface area (Å²) < 4.78 is 7.45. The number of morpholine rings is 1. The predicted molar refractivity (Wildman–Crippen MR) is 115 cm³/mol. The molecule has 4 aromatic heterocycles. The molecule has 4 aromatic rings. The van der Waals surface area contributed by atoms with Crippen molar-refractivity contribution in [3.63, 3.8) is 0 Å². The molecule has 0 bridgehead atoms. The summed E-state index contributed by atoms with van der Waals surface area (Å²) in [7, 11) is 0. The topological polar surface area (TPSA) is 67.9 Å². The summed E-state index contributed by atoms with van der Waals surface area (Å²) in [5.74, 6) is 1.03. The first kappa shape index (κ1) is 18.0. The van der Waals surface area contributed by atoms with E-state index in [1.807, 2.05) is 28.9 Å². The maximum atomic E-state index is 5.53. The maximum absolute atomic E-state index is 5.53. The Morgan fingerprint density at radius 3 is 2.79 bits per heavy atom. The van der Waals surface area contributed by atoms with Crippen LogP contribution in [-0.2, 0) is 11.3 Å². The van der Waals surface area contributed by atoms with E-state index in [9.17, 15) is 0 Å². The molecule has 0 unspecified atom stereocenters. The standard InChI is InChI=1S/C21H20N6OS/c1-4-22-5-2-17(1)19-12-20-24-18(14-23-13-16-3-10-29-15-16)11-21(27(20)25-19)26-6-8-28-9-7-26/h1-5,10-13,15H,6-9,14H2. The van der Waals surface area contributed by atoms with Gasteiger partial charge < -0.3 is 9.64 Å². The fraction of sp³-hybridized carbons (Fsp3) is 0.238. The predicted octanol–water partition coefficient (Wildman–Crippen LogP) is 3.31. The van der Waals surface area contributed by atoms with Crippen molar-refractivity contribution in [2.45, 2.75) is 6.54 Å². The fourth-order valence-corrected chi connectivity index (χ4v) is 3.98. The van der Waals surface area contributed by atoms with Gasteiger partial charge in [-0.1, -0.05) is 0 Å². The van der Waals surface area contributed by atoms with Crippen LogP contribution in [0.4, 0.5) is 5.82 Å². The summed E-state index contributed by atoms with van der Waals surface area (Å²) >= 11 is 1.67. The molecule has 0 aliphatic carbocycles. The fourth-order valence-electron chi connectivity index (χ4n) is 3.36. The lowest BCUT2D eigenvalue weighted by molar-refractivity contribution is 0.122. The molecule has 5 heterocycles. The number of thiophene rings is 1. The van der Waals surface area contributed by atoms with Crippen LogP contribution in [0, 0.1) is 0 Å². The number of aromatic nitrogens is 4. The molecule has 146 valence electrons. The highest BCUT2D eigenvalue weighted by atomic mass is 32.1. The number of ether oxygens (including phenoxy) is 1. The van der Waals surface area contributed by atoms with Crippen LogP contribution in [0.25, 0.3) is 16.9 Å². The van der Waals surface area contributed by atoms with Crippen molar-refractivity contribution in [2.24, 2.45) is 4.99 Å². The van der Waals surface area contributed by atoms with E-state index in [1.165, 1.54) is 0 Å². The Hall–Kier alpha value is -3.10. The van der Waals surface area contributed by atoms with Gasteiger partial charge in [-0.25, -0.2) is 4.98 Å². The van der Waals surface area contributed by atoms with Gasteiger partial charge in [0.2, 0.25) is 0 Å². The van der Waals surface area contributed by atoms with Gasteiger partial charge in [-0.05, 0) is 29.0 Å². The second-order valence-electron chi connectivity index (χ2n) is 6.77. The van der Waals surface area contributed by atoms with Crippen molar-refractivity contribution in [2.75, 3.05) is 31.2 Å². The largest absolute Gasteiger partial charge is 0.378 e. The number of nitrogens with zero attached hydrogens (tertiary/aromatic N) is 6. The summed E-state index contributed by atoms with van der Waals surface area (Å²) in [6.45, 7) is 3.63. The SMILES string of the molecule is C(=NCc1cc(N2CCOCC2)n2nc(-c3ccncc3)cc2n1)c1ccsc1. The summed E-state index contributed by atoms with van der Waals surface area (Å²) in [5, 5.41) is 8.96. The normalized spacial score (nSPS) is 14.8. The average Bonchev–Trinajstić information content (AvgIpc) is 3.44. The molecule has 0 spiro atoms. The number of fused-ring (bicyclic) bond motifs is 1. The van der Waals surface area contributed by atoms with Gasteiger partial charge in [-0.15, -0.1) is 0 Å². The Morgan fingerprint density at radius 1 is 1.14 bits per heavy atom. The first-order valence-electron chi connectivity index (χ1n) is 9.52. The minimum absolute atomic E-state index is 0.527. The highest BCUT2D eigenvalue weighted by Crippen LogP contribution is 2.24. The first-order valence-corrected chi connectivity index (χ1v) is 10.5. The molecule has 29 heavy (non-hydrogen) atoms. The van der Waals surface area contributed by atoms with Crippen molar-refractivity contribution in [3.8, 4) is 11.3 Å². The minimum Gasteiger partial charge on any atom is -0.378 e. The highest BCUT2D eigenvalue weighted by molar-refractivity contribution is 7.08. The molecule has 5 rings (SSSR count). The van der Waals surface area contributed by atoms with Crippen molar-refractivity contribution < 1.29 is 4.74 Å². The van der Waals surface area contributed by atoms with Gasteiger partial charge in [0.1, 0.15) is 5.82 Å². The van der Waals surface area contributed by atoms with Crippen LogP contribution in [0.15, 0.2) is 58.5 Å². The summed E-state index contributed by atoms with van der Waals surface area (Å²) in [6, 6.07) is 10.1. The molecule has 1 aliphatic rings. The van der Waals surface area contributed by atoms with Crippen LogP contribution in [0.1, 0.15) is 11.3 Å². The van der Waals surface area contributed by atoms with Gasteiger partial charge in [0.25, 0.3) is 0 Å². The third kappa shape index (κ3) is 3.90. The molecule has 0 aromatic carbocycles. The van der Waals surface area contributed by atoms with Crippen molar-refractivity contribution >= 4 is 29.0 Å². The van der Waals surface area contributed by atoms with Gasteiger partial charge in [0, 0.05) is 55.0 Å². The Morgan fingerprint density at radius 2 is 2.00 bits per heavy atom. The lowest BCUT2D eigenvalue weighted by Gasteiger charge is -2.29. The molecule has 1 aliphatic heterocycles. The van der Waals surface area contributed by atoms with E-state index >= 15 is 0 Å². The monoisotopic (exact) mass is 404 g/mol. The van der Waals surface area contributed by atoms with Gasteiger partial charge in [0.15, 0.2) is 5.65 Å². The van der Waals surface area contributed by atoms with Crippen LogP contribution in [0.5, 0.6) is 0 Å². The zero-order chi connectivity index (χ0) is 19.5. The number of hydrogen-bond acceptors (Lipinski definition) is 7. The zero-order valence-corrected chi connectivity index (χ0v) is 16.6.